The molecule has 0 bridgehead atoms. The Balaban J connectivity index is 2.74. The maximum atomic E-state index is 13.1. The van der Waals surface area contributed by atoms with Gasteiger partial charge in [-0.3, -0.25) is 0 Å². The van der Waals surface area contributed by atoms with Gasteiger partial charge in [-0.15, -0.1) is 0 Å². The first-order valence-corrected chi connectivity index (χ1v) is 4.07. The molecule has 0 heterocycles. The Morgan fingerprint density at radius 1 is 1.57 bits per heavy atom. The third kappa shape index (κ3) is 2.35. The molecular weight excluding hydrogens is 185 g/mol. The summed E-state index contributed by atoms with van der Waals surface area (Å²) in [5, 5.41) is 11.2. The van der Waals surface area contributed by atoms with E-state index in [1.165, 1.54) is 11.0 Å². The molecule has 0 radical (unpaired) electrons. The van der Waals surface area contributed by atoms with Gasteiger partial charge in [0.25, 0.3) is 0 Å². The van der Waals surface area contributed by atoms with Crippen LogP contribution in [0.5, 0.6) is 0 Å². The lowest BCUT2D eigenvalue weighted by atomic mass is 10.2. The average molecular weight is 197 g/mol. The van der Waals surface area contributed by atoms with Gasteiger partial charge < -0.3 is 15.8 Å². The second-order valence-corrected chi connectivity index (χ2v) is 2.91. The smallest absolute Gasteiger partial charge is 0.233 e. The van der Waals surface area contributed by atoms with Crippen molar-refractivity contribution in [1.29, 1.82) is 0 Å². The molecule has 0 saturated heterocycles. The van der Waals surface area contributed by atoms with Gasteiger partial charge in [-0.25, -0.2) is 4.39 Å². The van der Waals surface area contributed by atoms with Crippen molar-refractivity contribution in [3.05, 3.63) is 35.6 Å². The monoisotopic (exact) mass is 197 g/mol. The number of oxime groups is 1. The van der Waals surface area contributed by atoms with Gasteiger partial charge in [-0.2, -0.15) is 0 Å². The minimum atomic E-state index is -0.301. The fourth-order valence-electron chi connectivity index (χ4n) is 1.04. The zero-order valence-corrected chi connectivity index (χ0v) is 7.81. The summed E-state index contributed by atoms with van der Waals surface area (Å²) in [4.78, 5) is 1.44. The number of halogens is 1. The molecule has 14 heavy (non-hydrogen) atoms. The fraction of sp³-hybridized carbons (Fsp3) is 0.222. The molecule has 0 aliphatic rings. The predicted molar refractivity (Wildman–Crippen MR) is 51.3 cm³/mol. The lowest BCUT2D eigenvalue weighted by Gasteiger charge is -2.16. The van der Waals surface area contributed by atoms with Crippen molar-refractivity contribution in [3.63, 3.8) is 0 Å². The molecule has 0 amide bonds. The van der Waals surface area contributed by atoms with E-state index in [2.05, 4.69) is 5.16 Å². The van der Waals surface area contributed by atoms with Crippen LogP contribution in [0, 0.1) is 5.82 Å². The normalized spacial score (nSPS) is 11.4. The van der Waals surface area contributed by atoms with Crippen molar-refractivity contribution in [2.75, 3.05) is 7.05 Å². The summed E-state index contributed by atoms with van der Waals surface area (Å²) in [5.74, 6) is -0.349. The molecule has 1 aromatic carbocycles. The molecule has 5 heteroatoms. The van der Waals surface area contributed by atoms with E-state index in [1.807, 2.05) is 0 Å². The van der Waals surface area contributed by atoms with Gasteiger partial charge in [-0.05, 0) is 6.07 Å². The number of benzene rings is 1. The summed E-state index contributed by atoms with van der Waals surface area (Å²) in [5.41, 5.74) is 5.82. The van der Waals surface area contributed by atoms with Crippen LogP contribution in [-0.2, 0) is 6.54 Å². The van der Waals surface area contributed by atoms with E-state index < -0.39 is 0 Å². The Morgan fingerprint density at radius 3 is 2.79 bits per heavy atom. The molecule has 0 saturated carbocycles. The van der Waals surface area contributed by atoms with Crippen LogP contribution in [0.3, 0.4) is 0 Å². The van der Waals surface area contributed by atoms with Crippen LogP contribution >= 0.6 is 0 Å². The predicted octanol–water partition coefficient (Wildman–Crippen LogP) is 0.961. The Labute approximate surface area is 81.4 Å². The van der Waals surface area contributed by atoms with E-state index in [-0.39, 0.29) is 18.3 Å². The summed E-state index contributed by atoms with van der Waals surface area (Å²) < 4.78 is 13.1. The van der Waals surface area contributed by atoms with Gasteiger partial charge in [0.1, 0.15) is 5.82 Å². The third-order valence-electron chi connectivity index (χ3n) is 1.86. The van der Waals surface area contributed by atoms with Gasteiger partial charge >= 0.3 is 0 Å². The Hall–Kier alpha value is -1.78. The van der Waals surface area contributed by atoms with E-state index in [4.69, 9.17) is 10.9 Å². The van der Waals surface area contributed by atoms with E-state index in [0.29, 0.717) is 5.56 Å². The Morgan fingerprint density at radius 2 is 2.21 bits per heavy atom. The first-order valence-electron chi connectivity index (χ1n) is 4.07. The minimum absolute atomic E-state index is 0.0479. The molecule has 0 atom stereocenters. The van der Waals surface area contributed by atoms with E-state index in [0.717, 1.165) is 0 Å². The molecule has 3 N–H and O–H groups in total. The van der Waals surface area contributed by atoms with Crippen LogP contribution in [-0.4, -0.2) is 23.1 Å². The lowest BCUT2D eigenvalue weighted by Crippen LogP contribution is -2.33. The second-order valence-electron chi connectivity index (χ2n) is 2.91. The number of nitrogens with zero attached hydrogens (tertiary/aromatic N) is 2. The first kappa shape index (κ1) is 10.3. The van der Waals surface area contributed by atoms with Gasteiger partial charge in [0, 0.05) is 19.2 Å². The highest BCUT2D eigenvalue weighted by Gasteiger charge is 2.06. The number of rotatable bonds is 2. The zero-order valence-electron chi connectivity index (χ0n) is 7.81. The molecule has 1 rings (SSSR count). The number of nitrogens with two attached hydrogens (primary N) is 1. The van der Waals surface area contributed by atoms with E-state index in [1.54, 1.807) is 25.2 Å². The maximum Gasteiger partial charge on any atom is 0.233 e. The summed E-state index contributed by atoms with van der Waals surface area (Å²) >= 11 is 0. The molecule has 1 aromatic rings. The van der Waals surface area contributed by atoms with Crippen LogP contribution in [0.4, 0.5) is 4.39 Å². The van der Waals surface area contributed by atoms with Crippen LogP contribution < -0.4 is 5.73 Å². The average Bonchev–Trinajstić information content (AvgIpc) is 2.20. The van der Waals surface area contributed by atoms with Crippen LogP contribution in [0.15, 0.2) is 29.4 Å². The molecule has 0 fully saturated rings. The molecule has 0 spiro atoms. The number of hydrogen-bond acceptors (Lipinski definition) is 2. The molecule has 4 nitrogen and oxygen atoms in total. The SMILES string of the molecule is CN(Cc1ccccc1F)C(N)=NO. The highest BCUT2D eigenvalue weighted by atomic mass is 19.1. The molecule has 0 unspecified atom stereocenters. The summed E-state index contributed by atoms with van der Waals surface area (Å²) in [6, 6.07) is 6.37. The molecule has 0 aliphatic carbocycles. The Kier molecular flexibility index (Phi) is 3.28. The highest BCUT2D eigenvalue weighted by molar-refractivity contribution is 5.76. The van der Waals surface area contributed by atoms with Crippen molar-refractivity contribution in [2.24, 2.45) is 10.9 Å². The largest absolute Gasteiger partial charge is 0.408 e. The third-order valence-corrected chi connectivity index (χ3v) is 1.86. The fourth-order valence-corrected chi connectivity index (χ4v) is 1.04. The topological polar surface area (TPSA) is 61.8 Å². The maximum absolute atomic E-state index is 13.1. The number of hydrogen-bond donors (Lipinski definition) is 2. The molecule has 0 aromatic heterocycles. The summed E-state index contributed by atoms with van der Waals surface area (Å²) in [6.07, 6.45) is 0. The summed E-state index contributed by atoms with van der Waals surface area (Å²) in [6.45, 7) is 0.266. The molecular formula is C9H12FN3O. The second kappa shape index (κ2) is 4.45. The van der Waals surface area contributed by atoms with E-state index in [9.17, 15) is 4.39 Å². The van der Waals surface area contributed by atoms with Crippen molar-refractivity contribution >= 4 is 5.96 Å². The van der Waals surface area contributed by atoms with Crippen LogP contribution in [0.2, 0.25) is 0 Å². The van der Waals surface area contributed by atoms with Gasteiger partial charge in [0.05, 0.1) is 0 Å². The first-order chi connectivity index (χ1) is 6.65. The van der Waals surface area contributed by atoms with Crippen molar-refractivity contribution in [2.45, 2.75) is 6.54 Å². The van der Waals surface area contributed by atoms with Gasteiger partial charge in [-0.1, -0.05) is 23.4 Å². The zero-order chi connectivity index (χ0) is 10.6. The van der Waals surface area contributed by atoms with E-state index >= 15 is 0 Å². The van der Waals surface area contributed by atoms with Gasteiger partial charge in [0.15, 0.2) is 0 Å². The van der Waals surface area contributed by atoms with Crippen molar-refractivity contribution in [3.8, 4) is 0 Å². The van der Waals surface area contributed by atoms with Crippen molar-refractivity contribution < 1.29 is 9.60 Å². The number of guanidine groups is 1. The minimum Gasteiger partial charge on any atom is -0.408 e. The van der Waals surface area contributed by atoms with Crippen LogP contribution in [0.25, 0.3) is 0 Å². The molecule has 76 valence electrons. The Bertz CT molecular complexity index is 341. The highest BCUT2D eigenvalue weighted by Crippen LogP contribution is 2.08. The van der Waals surface area contributed by atoms with Gasteiger partial charge in [0.2, 0.25) is 5.96 Å². The summed E-state index contributed by atoms with van der Waals surface area (Å²) in [7, 11) is 1.61. The quantitative estimate of drug-likeness (QED) is 0.321. The van der Waals surface area contributed by atoms with Crippen LogP contribution in [0.1, 0.15) is 5.56 Å². The van der Waals surface area contributed by atoms with Crippen molar-refractivity contribution in [1.82, 2.24) is 4.90 Å². The lowest BCUT2D eigenvalue weighted by molar-refractivity contribution is 0.303. The molecule has 0 aliphatic heterocycles. The standard InChI is InChI=1S/C9H12FN3O/c1-13(9(11)12-14)6-7-4-2-3-5-8(7)10/h2-5,14H,6H2,1H3,(H2,11,12).